The number of fused-ring (bicyclic) bond motifs is 7. The molecule has 3 fully saturated rings. The number of alkyl halides is 2. The molecule has 63 heavy (non-hydrogen) atoms. The van der Waals surface area contributed by atoms with Gasteiger partial charge in [-0.25, -0.2) is 14.8 Å². The van der Waals surface area contributed by atoms with Gasteiger partial charge in [-0.1, -0.05) is 60.7 Å². The van der Waals surface area contributed by atoms with Gasteiger partial charge in [-0.15, -0.1) is 0 Å². The van der Waals surface area contributed by atoms with Crippen molar-refractivity contribution >= 4 is 23.0 Å². The number of imidazole rings is 2. The van der Waals surface area contributed by atoms with Crippen LogP contribution in [0.4, 0.5) is 13.6 Å². The minimum absolute atomic E-state index is 0.0182. The highest BCUT2D eigenvalue weighted by Gasteiger charge is 2.62. The van der Waals surface area contributed by atoms with Crippen molar-refractivity contribution in [3.8, 4) is 33.5 Å². The summed E-state index contributed by atoms with van der Waals surface area (Å²) in [6.45, 7) is 2.29. The third kappa shape index (κ3) is 6.30. The number of H-pyrrole nitrogens is 1. The van der Waals surface area contributed by atoms with Crippen molar-refractivity contribution in [1.82, 2.24) is 34.6 Å². The number of rotatable bonds is 9. The number of hydrogen-bond acceptors (Lipinski definition) is 9. The van der Waals surface area contributed by atoms with E-state index in [2.05, 4.69) is 10.3 Å². The Bertz CT molecular complexity index is 2770. The quantitative estimate of drug-likeness (QED) is 0.118. The average molecular weight is 855 g/mol. The third-order valence-corrected chi connectivity index (χ3v) is 14.1. The van der Waals surface area contributed by atoms with Crippen molar-refractivity contribution in [2.45, 2.75) is 74.5 Å². The van der Waals surface area contributed by atoms with Crippen molar-refractivity contribution in [1.29, 1.82) is 0 Å². The number of carbonyl (C=O) groups excluding carboxylic acids is 2. The maximum Gasteiger partial charge on any atom is 0.407 e. The van der Waals surface area contributed by atoms with Crippen LogP contribution in [0.3, 0.4) is 0 Å². The number of alkyl carbamates (subject to hydrolysis) is 1. The summed E-state index contributed by atoms with van der Waals surface area (Å²) in [7, 11) is 1.31. The van der Waals surface area contributed by atoms with Crippen molar-refractivity contribution < 1.29 is 33.0 Å². The Hall–Kier alpha value is -6.00. The minimum atomic E-state index is -3.27. The Labute approximate surface area is 362 Å². The largest absolute Gasteiger partial charge is 0.453 e. The van der Waals surface area contributed by atoms with E-state index in [-0.39, 0.29) is 29.0 Å². The first-order valence-electron chi connectivity index (χ1n) is 21.8. The lowest BCUT2D eigenvalue weighted by Crippen LogP contribution is -2.56. The second-order valence-corrected chi connectivity index (χ2v) is 17.5. The molecular formula is C48H48F2N8O5. The van der Waals surface area contributed by atoms with Crippen LogP contribution < -0.4 is 11.1 Å². The Morgan fingerprint density at radius 2 is 1.65 bits per heavy atom. The number of aliphatic hydroxyl groups is 1. The molecule has 1 aliphatic carbocycles. The van der Waals surface area contributed by atoms with Gasteiger partial charge in [-0.3, -0.25) is 14.3 Å². The third-order valence-electron chi connectivity index (χ3n) is 14.1. The van der Waals surface area contributed by atoms with Crippen LogP contribution in [0.1, 0.15) is 78.9 Å². The normalized spacial score (nSPS) is 22.7. The summed E-state index contributed by atoms with van der Waals surface area (Å²) >= 11 is 0. The fourth-order valence-corrected chi connectivity index (χ4v) is 10.9. The molecule has 0 saturated carbocycles. The number of benzene rings is 4. The molecule has 0 bridgehead atoms. The molecule has 11 rings (SSSR count). The number of carbonyl (C=O) groups is 2. The van der Waals surface area contributed by atoms with E-state index in [1.807, 2.05) is 75.0 Å². The zero-order valence-corrected chi connectivity index (χ0v) is 34.8. The van der Waals surface area contributed by atoms with Crippen LogP contribution in [0.25, 0.3) is 44.5 Å². The molecule has 2 amide bonds. The maximum absolute atomic E-state index is 16.7. The molecule has 4 aliphatic heterocycles. The van der Waals surface area contributed by atoms with Gasteiger partial charge in [0.1, 0.15) is 18.1 Å². The smallest absolute Gasteiger partial charge is 0.407 e. The Morgan fingerprint density at radius 1 is 0.937 bits per heavy atom. The van der Waals surface area contributed by atoms with Crippen molar-refractivity contribution in [3.05, 3.63) is 119 Å². The van der Waals surface area contributed by atoms with Gasteiger partial charge >= 0.3 is 6.09 Å². The van der Waals surface area contributed by atoms with E-state index in [4.69, 9.17) is 25.2 Å². The van der Waals surface area contributed by atoms with E-state index < -0.39 is 36.0 Å². The first kappa shape index (κ1) is 39.8. The number of nitrogens with one attached hydrogen (secondary N) is 2. The number of nitrogens with two attached hydrogens (primary N) is 1. The average Bonchev–Trinajstić information content (AvgIpc) is 4.02. The zero-order valence-electron chi connectivity index (χ0n) is 34.8. The predicted octanol–water partition coefficient (Wildman–Crippen LogP) is 7.16. The Balaban J connectivity index is 0.841. The van der Waals surface area contributed by atoms with Crippen LogP contribution in [0.2, 0.25) is 0 Å². The summed E-state index contributed by atoms with van der Waals surface area (Å²) in [5.74, 6) is -1.99. The highest BCUT2D eigenvalue weighted by molar-refractivity contribution is 5.88. The van der Waals surface area contributed by atoms with Crippen LogP contribution in [0.5, 0.6) is 0 Å². The zero-order chi connectivity index (χ0) is 43.2. The molecule has 0 radical (unpaired) electrons. The van der Waals surface area contributed by atoms with Crippen molar-refractivity contribution in [3.63, 3.8) is 0 Å². The maximum atomic E-state index is 16.7. The van der Waals surface area contributed by atoms with Crippen LogP contribution in [0, 0.1) is 5.92 Å². The first-order valence-corrected chi connectivity index (χ1v) is 21.8. The fraction of sp³-hybridized carbons (Fsp3) is 0.375. The number of methoxy groups -OCH3 is 1. The summed E-state index contributed by atoms with van der Waals surface area (Å²) in [5.41, 5.74) is 11.5. The van der Waals surface area contributed by atoms with E-state index in [1.54, 1.807) is 30.5 Å². The number of aromatic amines is 1. The summed E-state index contributed by atoms with van der Waals surface area (Å²) in [6.07, 6.45) is 4.63. The van der Waals surface area contributed by atoms with Gasteiger partial charge in [-0.05, 0) is 96.5 Å². The summed E-state index contributed by atoms with van der Waals surface area (Å²) in [6, 6.07) is 23.8. The Kier molecular flexibility index (Phi) is 9.53. The molecule has 5 unspecified atom stereocenters. The molecule has 6 aromatic rings. The number of likely N-dealkylation sites (tertiary alicyclic amines) is 2. The van der Waals surface area contributed by atoms with Gasteiger partial charge in [0.15, 0.2) is 11.5 Å². The number of ether oxygens (including phenoxy) is 2. The molecule has 5 atom stereocenters. The van der Waals surface area contributed by atoms with Gasteiger partial charge in [0.2, 0.25) is 5.91 Å². The number of nitrogens with zero attached hydrogens (tertiary/aromatic N) is 5. The van der Waals surface area contributed by atoms with E-state index in [1.165, 1.54) is 7.11 Å². The molecule has 4 aromatic carbocycles. The second kappa shape index (κ2) is 15.1. The minimum Gasteiger partial charge on any atom is -0.453 e. The van der Waals surface area contributed by atoms with Crippen LogP contribution >= 0.6 is 0 Å². The fourth-order valence-electron chi connectivity index (χ4n) is 10.9. The lowest BCUT2D eigenvalue weighted by molar-refractivity contribution is -0.135. The molecular weight excluding hydrogens is 807 g/mol. The number of hydrogen-bond donors (Lipinski definition) is 4. The standard InChI is InChI=1S/C48H48F2N8O5/c1-62-46(61)55-41(28-16-21-63-22-17-28)44(60)56-19-5-9-38(56)42-53-36-15-12-30(25-37(36)54-42)29-10-13-32-33-14-11-31(24-35(33)48(49,50)34(32)23-29)39-26-52-45-47(58(39)45)18-6-20-57(47)43(59)40(51)27-7-3-2-4-8-27/h2-4,7-8,10-15,23-26,28,38,40-41,44,60H,5-6,9,16-22,51H2,1H3,(H,53,54)(H,55,61). The molecule has 324 valence electrons. The second-order valence-electron chi connectivity index (χ2n) is 17.5. The first-order chi connectivity index (χ1) is 30.6. The number of aliphatic hydroxyl groups excluding tert-OH is 1. The van der Waals surface area contributed by atoms with Crippen molar-refractivity contribution in [2.75, 3.05) is 33.4 Å². The highest BCUT2D eigenvalue weighted by Crippen LogP contribution is 2.57. The Morgan fingerprint density at radius 3 is 2.41 bits per heavy atom. The number of halogens is 2. The summed E-state index contributed by atoms with van der Waals surface area (Å²) in [4.78, 5) is 43.1. The molecule has 15 heteroatoms. The molecule has 1 spiro atoms. The SMILES string of the molecule is COC(=O)NC(C1CCOCC1)C(O)N1CCCC1c1nc2ccc(-c3ccc4c(c3)C(F)(F)c3cc(-c5cnc6n5C65CCCN5C(=O)C(N)c5ccccc5)ccc3-4)cc2[nH]1. The summed E-state index contributed by atoms with van der Waals surface area (Å²) < 4.78 is 45.9. The van der Waals surface area contributed by atoms with Gasteiger partial charge < -0.3 is 35.5 Å². The predicted molar refractivity (Wildman–Crippen MR) is 230 cm³/mol. The lowest BCUT2D eigenvalue weighted by Gasteiger charge is -2.39. The number of amides is 2. The molecule has 13 nitrogen and oxygen atoms in total. The van der Waals surface area contributed by atoms with E-state index in [9.17, 15) is 14.7 Å². The van der Waals surface area contributed by atoms with Crippen LogP contribution in [0.15, 0.2) is 91.1 Å². The van der Waals surface area contributed by atoms with Gasteiger partial charge in [0.25, 0.3) is 5.92 Å². The lowest BCUT2D eigenvalue weighted by atomic mass is 9.90. The van der Waals surface area contributed by atoms with E-state index >= 15 is 8.78 Å². The monoisotopic (exact) mass is 854 g/mol. The van der Waals surface area contributed by atoms with Crippen LogP contribution in [-0.4, -0.2) is 92.1 Å². The topological polar surface area (TPSA) is 164 Å². The van der Waals surface area contributed by atoms with Crippen molar-refractivity contribution in [2.24, 2.45) is 11.7 Å². The molecule has 5 N–H and O–H groups in total. The molecule has 6 heterocycles. The van der Waals surface area contributed by atoms with Gasteiger partial charge in [0.05, 0.1) is 42.1 Å². The molecule has 3 saturated heterocycles. The van der Waals surface area contributed by atoms with Gasteiger partial charge in [-0.2, -0.15) is 8.78 Å². The summed E-state index contributed by atoms with van der Waals surface area (Å²) in [5, 5.41) is 14.7. The van der Waals surface area contributed by atoms with E-state index in [0.29, 0.717) is 79.3 Å². The molecule has 5 aliphatic rings. The van der Waals surface area contributed by atoms with Crippen LogP contribution in [-0.2, 0) is 25.9 Å². The molecule has 2 aromatic heterocycles. The highest BCUT2D eigenvalue weighted by atomic mass is 19.3. The number of aromatic nitrogens is 4. The van der Waals surface area contributed by atoms with E-state index in [0.717, 1.165) is 47.2 Å². The van der Waals surface area contributed by atoms with Gasteiger partial charge in [0, 0.05) is 43.0 Å².